The number of alkyl carbamates (subject to hydrolysis) is 1. The van der Waals surface area contributed by atoms with Gasteiger partial charge in [-0.05, 0) is 116 Å². The molecule has 2 saturated heterocycles. The summed E-state index contributed by atoms with van der Waals surface area (Å²) in [5, 5.41) is 71.2. The maximum atomic E-state index is 14.0. The van der Waals surface area contributed by atoms with E-state index >= 15 is 0 Å². The molecule has 5 amide bonds. The Hall–Kier alpha value is -6.70. The lowest BCUT2D eigenvalue weighted by atomic mass is 9.46. The molecule has 23 nitrogen and oxygen atoms in total. The average Bonchev–Trinajstić information content (AvgIpc) is 1.58. The Morgan fingerprint density at radius 3 is 2.27 bits per heavy atom. The first kappa shape index (κ1) is 58.1. The van der Waals surface area contributed by atoms with Crippen LogP contribution in [0.15, 0.2) is 78.4 Å². The Balaban J connectivity index is 0.651. The third-order valence-electron chi connectivity index (χ3n) is 19.6. The van der Waals surface area contributed by atoms with Gasteiger partial charge in [-0.15, -0.1) is 0 Å². The number of carbonyl (C=O) groups excluding carboxylic acids is 7. The maximum Gasteiger partial charge on any atom is 0.407 e. The number of carbonyl (C=O) groups is 8. The van der Waals surface area contributed by atoms with Crippen LogP contribution in [-0.2, 0) is 65.5 Å². The van der Waals surface area contributed by atoms with Gasteiger partial charge in [-0.25, -0.2) is 9.59 Å². The van der Waals surface area contributed by atoms with Crippen molar-refractivity contribution in [1.82, 2.24) is 15.5 Å². The smallest absolute Gasteiger partial charge is 0.407 e. The Bertz CT molecular complexity index is 3040. The Morgan fingerprint density at radius 1 is 0.831 bits per heavy atom. The molecule has 1 spiro atoms. The summed E-state index contributed by atoms with van der Waals surface area (Å²) in [6, 6.07) is 12.1. The Morgan fingerprint density at radius 2 is 1.55 bits per heavy atom. The predicted octanol–water partition coefficient (Wildman–Crippen LogP) is 2.35. The molecule has 5 saturated carbocycles. The highest BCUT2D eigenvalue weighted by atomic mass is 16.7. The first-order valence-corrected chi connectivity index (χ1v) is 28.5. The number of aliphatic hydroxyl groups is 5. The van der Waals surface area contributed by atoms with Crippen molar-refractivity contribution in [2.45, 2.75) is 152 Å². The topological polar surface area (TPSA) is 343 Å². The van der Waals surface area contributed by atoms with Crippen LogP contribution in [0.1, 0.15) is 101 Å². The predicted molar refractivity (Wildman–Crippen MR) is 287 cm³/mol. The van der Waals surface area contributed by atoms with Crippen molar-refractivity contribution in [2.75, 3.05) is 25.0 Å². The standard InChI is InChI=1S/C60H70N4O19/c1-57-16-13-36(66)21-34(57)8-9-37-38-22-43-60(42(68)28-65,58(38,2)27-40(67)48(37)57)83-54(81-43)33-6-3-30(4-7-33)19-32-23-59(24-32)25-35(26-59)62-56(78)79-29-31-5-10-41(80-55-51(75)49(73)50(74)52(82-55)53(76)77)39(20-31)63-45(70)14-17-61-44(69)15-18-64-46(71)11-12-47(64)72/h3-7,10-13,16,20-21,32,35,37-38,40,43,48-52,54-55,65,67,73-75H,8-9,14-15,17-19,22-29H2,1-2H3,(H,61,69)(H,62,78)(H,63,70)(H,76,77)/t32?,35?,37-,38-,40-,43+,48+,49-,50-,51+,52-,54+,55+,57-,58-,59?,60+/m0/s1. The van der Waals surface area contributed by atoms with Crippen molar-refractivity contribution in [2.24, 2.45) is 39.9 Å². The van der Waals surface area contributed by atoms with Crippen molar-refractivity contribution in [3.63, 3.8) is 0 Å². The van der Waals surface area contributed by atoms with E-state index in [2.05, 4.69) is 35.0 Å². The van der Waals surface area contributed by atoms with E-state index in [4.69, 9.17) is 23.7 Å². The van der Waals surface area contributed by atoms with E-state index < -0.39 is 114 Å². The quantitative estimate of drug-likeness (QED) is 0.0967. The van der Waals surface area contributed by atoms with Gasteiger partial charge < -0.3 is 70.3 Å². The van der Waals surface area contributed by atoms with Gasteiger partial charge in [0.15, 0.2) is 29.6 Å². The molecule has 0 radical (unpaired) electrons. The number of benzene rings is 2. The molecule has 2 aromatic carbocycles. The number of amides is 5. The molecule has 2 aromatic rings. The molecule has 0 aromatic heterocycles. The highest BCUT2D eigenvalue weighted by Crippen LogP contribution is 2.70. The second kappa shape index (κ2) is 22.4. The fraction of sp³-hybridized carbons (Fsp3) is 0.567. The number of rotatable bonds is 18. The molecule has 83 heavy (non-hydrogen) atoms. The van der Waals surface area contributed by atoms with Crippen molar-refractivity contribution in [3.8, 4) is 5.75 Å². The number of allylic oxidation sites excluding steroid dienone is 4. The zero-order chi connectivity index (χ0) is 58.9. The van der Waals surface area contributed by atoms with Crippen molar-refractivity contribution >= 4 is 52.9 Å². The first-order chi connectivity index (χ1) is 39.5. The van der Waals surface area contributed by atoms with Gasteiger partial charge in [0.05, 0.1) is 17.9 Å². The first-order valence-electron chi connectivity index (χ1n) is 28.5. The lowest BCUT2D eigenvalue weighted by Gasteiger charge is -2.59. The molecule has 14 atom stereocenters. The fourth-order valence-electron chi connectivity index (χ4n) is 15.7. The number of nitrogens with one attached hydrogen (secondary N) is 3. The average molecular weight is 1150 g/mol. The van der Waals surface area contributed by atoms with Crippen LogP contribution in [0.3, 0.4) is 0 Å². The number of nitrogens with zero attached hydrogens (tertiary/aromatic N) is 1. The molecule has 11 rings (SSSR count). The summed E-state index contributed by atoms with van der Waals surface area (Å²) in [6.45, 7) is 2.85. The summed E-state index contributed by atoms with van der Waals surface area (Å²) in [5.41, 5.74) is 0.659. The second-order valence-electron chi connectivity index (χ2n) is 24.6. The van der Waals surface area contributed by atoms with Gasteiger partial charge in [0, 0.05) is 66.4 Å². The van der Waals surface area contributed by atoms with E-state index in [1.165, 1.54) is 18.2 Å². The number of aliphatic carboxylic acids is 1. The number of fused-ring (bicyclic) bond motifs is 7. The van der Waals surface area contributed by atoms with Crippen LogP contribution in [0, 0.1) is 39.9 Å². The van der Waals surface area contributed by atoms with Gasteiger partial charge in [-0.1, -0.05) is 55.8 Å². The van der Waals surface area contributed by atoms with E-state index in [-0.39, 0.29) is 79.0 Å². The number of aliphatic hydroxyl groups excluding tert-OH is 5. The number of carboxylic acid groups (broad SMARTS) is 1. The molecular formula is C60H70N4O19. The van der Waals surface area contributed by atoms with E-state index in [9.17, 15) is 69.0 Å². The molecule has 0 bridgehead atoms. The van der Waals surface area contributed by atoms with Crippen LogP contribution in [0.2, 0.25) is 0 Å². The molecule has 9 N–H and O–H groups in total. The molecule has 6 aliphatic carbocycles. The number of anilines is 1. The van der Waals surface area contributed by atoms with Crippen molar-refractivity contribution in [1.29, 1.82) is 0 Å². The van der Waals surface area contributed by atoms with E-state index in [1.54, 1.807) is 12.2 Å². The monoisotopic (exact) mass is 1150 g/mol. The number of imide groups is 1. The molecule has 3 heterocycles. The molecule has 9 aliphatic rings. The summed E-state index contributed by atoms with van der Waals surface area (Å²) in [7, 11) is 0. The molecule has 3 aliphatic heterocycles. The van der Waals surface area contributed by atoms with Crippen LogP contribution in [-0.4, -0.2) is 157 Å². The second-order valence-corrected chi connectivity index (χ2v) is 24.6. The van der Waals surface area contributed by atoms with E-state index in [1.807, 2.05) is 25.1 Å². The zero-order valence-electron chi connectivity index (χ0n) is 46.0. The minimum absolute atomic E-state index is 0.0105. The van der Waals surface area contributed by atoms with Crippen LogP contribution in [0.5, 0.6) is 5.75 Å². The molecule has 444 valence electrons. The number of Topliss-reactive ketones (excluding diaryl/α,β-unsaturated/α-hetero) is 1. The molecule has 0 unspecified atom stereocenters. The zero-order valence-corrected chi connectivity index (χ0v) is 46.0. The highest BCUT2D eigenvalue weighted by Gasteiger charge is 2.76. The SMILES string of the molecule is C[C@]12C=CC(=O)C=C1CC[C@@H]1[C@@H]2[C@@H](O)C[C@@]2(C)[C@H]1C[C@H]1O[C@@H](c3ccc(CC4CC5(C4)CC(NC(=O)OCc4ccc(O[C@@H]6O[C@H](C(=O)O)[C@@H](O)[C@H](O)[C@H]6O)c(NC(=O)CCNC(=O)CCN6C(=O)C=CC6=O)c4)C5)cc3)O[C@]12C(=O)CO. The largest absolute Gasteiger partial charge is 0.479 e. The molecule has 23 heteroatoms. The molecule has 7 fully saturated rings. The number of carboxylic acids is 1. The van der Waals surface area contributed by atoms with Crippen molar-refractivity contribution in [3.05, 3.63) is 95.1 Å². The van der Waals surface area contributed by atoms with Crippen molar-refractivity contribution < 1.29 is 92.7 Å². The van der Waals surface area contributed by atoms with Gasteiger partial charge in [0.25, 0.3) is 11.8 Å². The summed E-state index contributed by atoms with van der Waals surface area (Å²) in [4.78, 5) is 101. The number of ether oxygens (including phenoxy) is 5. The normalized spacial score (nSPS) is 37.3. The van der Waals surface area contributed by atoms with E-state index in [0.717, 1.165) is 78.7 Å². The summed E-state index contributed by atoms with van der Waals surface area (Å²) in [5.74, 6) is -4.17. The third-order valence-corrected chi connectivity index (χ3v) is 19.6. The number of ketones is 2. The van der Waals surface area contributed by atoms with E-state index in [0.29, 0.717) is 24.3 Å². The summed E-state index contributed by atoms with van der Waals surface area (Å²) < 4.78 is 30.0. The van der Waals surface area contributed by atoms with Gasteiger partial charge in [-0.3, -0.25) is 33.7 Å². The van der Waals surface area contributed by atoms with Crippen LogP contribution >= 0.6 is 0 Å². The number of hydrogen-bond donors (Lipinski definition) is 9. The summed E-state index contributed by atoms with van der Waals surface area (Å²) >= 11 is 0. The minimum atomic E-state index is -1.98. The highest BCUT2D eigenvalue weighted by molar-refractivity contribution is 6.13. The Labute approximate surface area is 477 Å². The fourth-order valence-corrected chi connectivity index (χ4v) is 15.7. The summed E-state index contributed by atoms with van der Waals surface area (Å²) in [6.07, 6.45) is 1.18. The van der Waals surface area contributed by atoms with Gasteiger partial charge in [0.1, 0.15) is 37.3 Å². The maximum absolute atomic E-state index is 14.0. The van der Waals surface area contributed by atoms with Gasteiger partial charge in [-0.2, -0.15) is 0 Å². The van der Waals surface area contributed by atoms with Crippen LogP contribution in [0.4, 0.5) is 10.5 Å². The Kier molecular flexibility index (Phi) is 15.7. The molecular weight excluding hydrogens is 1080 g/mol. The third kappa shape index (κ3) is 10.6. The minimum Gasteiger partial charge on any atom is -0.479 e. The van der Waals surface area contributed by atoms with Gasteiger partial charge in [0.2, 0.25) is 18.1 Å². The number of hydrogen-bond acceptors (Lipinski definition) is 18. The van der Waals surface area contributed by atoms with Crippen LogP contribution < -0.4 is 20.7 Å². The lowest BCUT2D eigenvalue weighted by molar-refractivity contribution is -0.271. The van der Waals surface area contributed by atoms with Gasteiger partial charge >= 0.3 is 12.1 Å². The lowest BCUT2D eigenvalue weighted by Crippen LogP contribution is -2.63. The van der Waals surface area contributed by atoms with Crippen LogP contribution in [0.25, 0.3) is 0 Å².